The van der Waals surface area contributed by atoms with Gasteiger partial charge >= 0.3 is 0 Å². The lowest BCUT2D eigenvalue weighted by Crippen LogP contribution is -1.92. The highest BCUT2D eigenvalue weighted by molar-refractivity contribution is 5.78. The van der Waals surface area contributed by atoms with Gasteiger partial charge in [0.25, 0.3) is 0 Å². The number of nitrogens with zero attached hydrogens (tertiary/aromatic N) is 1. The zero-order chi connectivity index (χ0) is 12.0. The quantitative estimate of drug-likeness (QED) is 0.857. The molecule has 2 atom stereocenters. The summed E-state index contributed by atoms with van der Waals surface area (Å²) in [6.07, 6.45) is 1.17. The molecule has 2 N–H and O–H groups in total. The van der Waals surface area contributed by atoms with Gasteiger partial charge in [-0.3, -0.25) is 0 Å². The number of nitrogen functional groups attached to an aromatic ring is 1. The first-order chi connectivity index (χ1) is 8.18. The van der Waals surface area contributed by atoms with Crippen molar-refractivity contribution in [1.29, 1.82) is 0 Å². The van der Waals surface area contributed by atoms with Gasteiger partial charge in [0.05, 0.1) is 5.56 Å². The molecule has 17 heavy (non-hydrogen) atoms. The second-order valence-corrected chi connectivity index (χ2v) is 4.94. The summed E-state index contributed by atoms with van der Waals surface area (Å²) >= 11 is 0. The summed E-state index contributed by atoms with van der Waals surface area (Å²) in [6, 6.07) is 8.22. The van der Waals surface area contributed by atoms with Gasteiger partial charge in [-0.15, -0.1) is 0 Å². The lowest BCUT2D eigenvalue weighted by Gasteiger charge is -2.05. The van der Waals surface area contributed by atoms with E-state index in [1.54, 1.807) is 0 Å². The number of aromatic nitrogens is 1. The van der Waals surface area contributed by atoms with Gasteiger partial charge in [-0.2, -0.15) is 0 Å². The van der Waals surface area contributed by atoms with E-state index >= 15 is 0 Å². The zero-order valence-corrected chi connectivity index (χ0v) is 10.1. The maximum Gasteiger partial charge on any atom is 0.175 e. The fourth-order valence-electron chi connectivity index (χ4n) is 2.38. The summed E-state index contributed by atoms with van der Waals surface area (Å²) in [6.45, 7) is 4.31. The second kappa shape index (κ2) is 3.62. The molecule has 3 nitrogen and oxygen atoms in total. The third-order valence-corrected chi connectivity index (χ3v) is 3.61. The van der Waals surface area contributed by atoms with Gasteiger partial charge in [0.2, 0.25) is 0 Å². The molecule has 1 heterocycles. The predicted octanol–water partition coefficient (Wildman–Crippen LogP) is 3.36. The maximum absolute atomic E-state index is 5.95. The molecule has 0 bridgehead atoms. The molecule has 1 fully saturated rings. The Balaban J connectivity index is 2.14. The monoisotopic (exact) mass is 228 g/mol. The third kappa shape index (κ3) is 1.62. The van der Waals surface area contributed by atoms with E-state index < -0.39 is 0 Å². The zero-order valence-electron chi connectivity index (χ0n) is 10.1. The molecule has 0 aliphatic heterocycles. The number of rotatable bonds is 2. The van der Waals surface area contributed by atoms with Crippen LogP contribution < -0.4 is 5.73 Å². The van der Waals surface area contributed by atoms with Crippen LogP contribution in [-0.2, 0) is 0 Å². The molecule has 1 aromatic heterocycles. The minimum Gasteiger partial charge on any atom is -0.380 e. The van der Waals surface area contributed by atoms with Crippen LogP contribution in [0.15, 0.2) is 28.8 Å². The van der Waals surface area contributed by atoms with E-state index in [1.807, 2.05) is 12.1 Å². The van der Waals surface area contributed by atoms with Gasteiger partial charge in [-0.1, -0.05) is 36.3 Å². The highest BCUT2D eigenvalue weighted by Crippen LogP contribution is 2.51. The SMILES string of the molecule is Cc1ccccc1-c1c(N)noc1C1CC1C. The van der Waals surface area contributed by atoms with Crippen LogP contribution in [0.3, 0.4) is 0 Å². The molecule has 1 aliphatic rings. The van der Waals surface area contributed by atoms with Crippen LogP contribution in [0.25, 0.3) is 11.1 Å². The molecular weight excluding hydrogens is 212 g/mol. The van der Waals surface area contributed by atoms with Gasteiger partial charge in [0.1, 0.15) is 5.76 Å². The Hall–Kier alpha value is -1.77. The van der Waals surface area contributed by atoms with Crippen molar-refractivity contribution in [3.8, 4) is 11.1 Å². The smallest absolute Gasteiger partial charge is 0.175 e. The lowest BCUT2D eigenvalue weighted by atomic mass is 9.99. The van der Waals surface area contributed by atoms with Crippen LogP contribution in [0.2, 0.25) is 0 Å². The average molecular weight is 228 g/mol. The standard InChI is InChI=1S/C14H16N2O/c1-8-5-3-4-6-10(8)12-13(11-7-9(11)2)17-16-14(12)15/h3-6,9,11H,7H2,1-2H3,(H2,15,16). The molecule has 0 saturated heterocycles. The van der Waals surface area contributed by atoms with Crippen LogP contribution in [0, 0.1) is 12.8 Å². The van der Waals surface area contributed by atoms with Crippen molar-refractivity contribution >= 4 is 5.82 Å². The Morgan fingerprint density at radius 1 is 1.35 bits per heavy atom. The number of hydrogen-bond acceptors (Lipinski definition) is 3. The Bertz CT molecular complexity index is 559. The number of hydrogen-bond donors (Lipinski definition) is 1. The molecule has 2 unspecified atom stereocenters. The molecule has 1 saturated carbocycles. The summed E-state index contributed by atoms with van der Waals surface area (Å²) in [5.74, 6) is 2.65. The van der Waals surface area contributed by atoms with Crippen molar-refractivity contribution in [3.63, 3.8) is 0 Å². The van der Waals surface area contributed by atoms with Crippen LogP contribution in [0.1, 0.15) is 30.6 Å². The maximum atomic E-state index is 5.95. The largest absolute Gasteiger partial charge is 0.380 e. The topological polar surface area (TPSA) is 52.0 Å². The van der Waals surface area contributed by atoms with Crippen molar-refractivity contribution in [2.75, 3.05) is 5.73 Å². The molecule has 0 radical (unpaired) electrons. The van der Waals surface area contributed by atoms with Gasteiger partial charge in [-0.25, -0.2) is 0 Å². The molecule has 88 valence electrons. The van der Waals surface area contributed by atoms with E-state index in [-0.39, 0.29) is 0 Å². The molecule has 3 heteroatoms. The lowest BCUT2D eigenvalue weighted by molar-refractivity contribution is 0.384. The first-order valence-electron chi connectivity index (χ1n) is 5.99. The van der Waals surface area contributed by atoms with E-state index in [0.717, 1.165) is 16.9 Å². The van der Waals surface area contributed by atoms with E-state index in [1.165, 1.54) is 12.0 Å². The summed E-state index contributed by atoms with van der Waals surface area (Å²) in [7, 11) is 0. The van der Waals surface area contributed by atoms with E-state index in [2.05, 4.69) is 31.1 Å². The first kappa shape index (κ1) is 10.4. The number of aryl methyl sites for hydroxylation is 1. The highest BCUT2D eigenvalue weighted by Gasteiger charge is 2.40. The molecular formula is C14H16N2O. The first-order valence-corrected chi connectivity index (χ1v) is 5.99. The number of anilines is 1. The van der Waals surface area contributed by atoms with Crippen molar-refractivity contribution < 1.29 is 4.52 Å². The van der Waals surface area contributed by atoms with Crippen LogP contribution >= 0.6 is 0 Å². The van der Waals surface area contributed by atoms with Gasteiger partial charge in [0, 0.05) is 5.92 Å². The Morgan fingerprint density at radius 2 is 2.06 bits per heavy atom. The van der Waals surface area contributed by atoms with E-state index in [0.29, 0.717) is 17.7 Å². The van der Waals surface area contributed by atoms with E-state index in [9.17, 15) is 0 Å². The molecule has 0 amide bonds. The molecule has 0 spiro atoms. The minimum atomic E-state index is 0.495. The average Bonchev–Trinajstić information content (AvgIpc) is 2.90. The summed E-state index contributed by atoms with van der Waals surface area (Å²) < 4.78 is 5.42. The normalized spacial score (nSPS) is 22.7. The Morgan fingerprint density at radius 3 is 2.71 bits per heavy atom. The molecule has 1 aliphatic carbocycles. The van der Waals surface area contributed by atoms with Crippen molar-refractivity contribution in [2.45, 2.75) is 26.2 Å². The number of nitrogens with two attached hydrogens (primary N) is 1. The second-order valence-electron chi connectivity index (χ2n) is 4.94. The molecule has 1 aromatic carbocycles. The number of benzene rings is 1. The van der Waals surface area contributed by atoms with E-state index in [4.69, 9.17) is 10.3 Å². The minimum absolute atomic E-state index is 0.495. The Labute approximate surface area is 101 Å². The predicted molar refractivity (Wildman–Crippen MR) is 67.6 cm³/mol. The molecule has 2 aromatic rings. The van der Waals surface area contributed by atoms with Crippen molar-refractivity contribution in [2.24, 2.45) is 5.92 Å². The van der Waals surface area contributed by atoms with Crippen molar-refractivity contribution in [1.82, 2.24) is 5.16 Å². The fraction of sp³-hybridized carbons (Fsp3) is 0.357. The Kier molecular flexibility index (Phi) is 2.21. The summed E-state index contributed by atoms with van der Waals surface area (Å²) in [5, 5.41) is 3.93. The van der Waals surface area contributed by atoms with Crippen LogP contribution in [0.5, 0.6) is 0 Å². The fourth-order valence-corrected chi connectivity index (χ4v) is 2.38. The highest BCUT2D eigenvalue weighted by atomic mass is 16.5. The van der Waals surface area contributed by atoms with Crippen LogP contribution in [0.4, 0.5) is 5.82 Å². The van der Waals surface area contributed by atoms with Gasteiger partial charge in [0.15, 0.2) is 5.82 Å². The summed E-state index contributed by atoms with van der Waals surface area (Å²) in [5.41, 5.74) is 9.29. The van der Waals surface area contributed by atoms with Gasteiger partial charge < -0.3 is 10.3 Å². The van der Waals surface area contributed by atoms with Crippen LogP contribution in [-0.4, -0.2) is 5.16 Å². The van der Waals surface area contributed by atoms with Gasteiger partial charge in [-0.05, 0) is 30.4 Å². The third-order valence-electron chi connectivity index (χ3n) is 3.61. The molecule has 3 rings (SSSR count). The van der Waals surface area contributed by atoms with Crippen molar-refractivity contribution in [3.05, 3.63) is 35.6 Å². The summed E-state index contributed by atoms with van der Waals surface area (Å²) in [4.78, 5) is 0.